The van der Waals surface area contributed by atoms with E-state index in [1.807, 2.05) is 0 Å². The predicted octanol–water partition coefficient (Wildman–Crippen LogP) is 4.27. The third kappa shape index (κ3) is 15.6. The molecule has 0 atom stereocenters. The van der Waals surface area contributed by atoms with E-state index in [0.29, 0.717) is 0 Å². The van der Waals surface area contributed by atoms with Crippen molar-refractivity contribution in [2.24, 2.45) is 0 Å². The molecule has 0 fully saturated rings. The maximum atomic E-state index is 10.7. The Labute approximate surface area is 196 Å². The molecule has 0 aromatic rings. The van der Waals surface area contributed by atoms with Gasteiger partial charge in [-0.1, -0.05) is 13.8 Å². The summed E-state index contributed by atoms with van der Waals surface area (Å²) in [5, 5.41) is 0. The molecule has 0 aromatic carbocycles. The van der Waals surface area contributed by atoms with Crippen LogP contribution in [0.5, 0.6) is 0 Å². The molecule has 0 aliphatic heterocycles. The Balaban J connectivity index is -0.000000334. The van der Waals surface area contributed by atoms with Crippen molar-refractivity contribution in [2.75, 3.05) is 0 Å². The fourth-order valence-electron chi connectivity index (χ4n) is 1.30. The van der Waals surface area contributed by atoms with E-state index in [9.17, 15) is 26.3 Å². The van der Waals surface area contributed by atoms with Crippen molar-refractivity contribution in [1.29, 1.82) is 0 Å². The summed E-state index contributed by atoms with van der Waals surface area (Å²) in [4.78, 5) is 0. The van der Waals surface area contributed by atoms with Crippen molar-refractivity contribution < 1.29 is 78.5 Å². The minimum absolute atomic E-state index is 0. The second kappa shape index (κ2) is 13.7. The van der Waals surface area contributed by atoms with E-state index in [1.165, 1.54) is 22.3 Å². The van der Waals surface area contributed by atoms with Gasteiger partial charge in [0, 0.05) is 0 Å². The smallest absolute Gasteiger partial charge is 0.741 e. The van der Waals surface area contributed by atoms with Crippen LogP contribution in [0.1, 0.15) is 40.5 Å². The van der Waals surface area contributed by atoms with Gasteiger partial charge in [0.25, 0.3) is 0 Å². The van der Waals surface area contributed by atoms with Crippen LogP contribution in [0.2, 0.25) is 0 Å². The molecule has 0 saturated heterocycles. The second-order valence-corrected chi connectivity index (χ2v) is 8.33. The molecule has 0 aromatic heterocycles. The molecule has 0 saturated carbocycles. The van der Waals surface area contributed by atoms with E-state index in [-0.39, 0.29) is 26.2 Å². The van der Waals surface area contributed by atoms with Gasteiger partial charge in [0.05, 0.1) is 0 Å². The summed E-state index contributed by atoms with van der Waals surface area (Å²) in [7, 11) is -12.2. The van der Waals surface area contributed by atoms with Crippen molar-refractivity contribution in [3.05, 3.63) is 46.6 Å². The van der Waals surface area contributed by atoms with E-state index in [0.717, 1.165) is 12.8 Å². The summed E-state index contributed by atoms with van der Waals surface area (Å²) >= 11 is 0. The van der Waals surface area contributed by atoms with E-state index in [1.54, 1.807) is 0 Å². The summed E-state index contributed by atoms with van der Waals surface area (Å²) < 4.78 is 118. The van der Waals surface area contributed by atoms with Crippen molar-refractivity contribution >= 4 is 20.2 Å². The fraction of sp³-hybridized carbons (Fsp3) is 0.500. The molecule has 0 radical (unpaired) electrons. The molecule has 6 nitrogen and oxygen atoms in total. The molecule has 178 valence electrons. The maximum Gasteiger partial charge on any atom is 2.00 e. The zero-order valence-electron chi connectivity index (χ0n) is 16.6. The molecule has 0 heterocycles. The number of hydrogen-bond acceptors (Lipinski definition) is 6. The number of halogens is 6. The van der Waals surface area contributed by atoms with Crippen LogP contribution in [-0.2, 0) is 46.4 Å². The Morgan fingerprint density at radius 3 is 0.935 bits per heavy atom. The molecular formula is C16H18F6O6S2Zr-2. The van der Waals surface area contributed by atoms with Crippen molar-refractivity contribution in [2.45, 2.75) is 51.6 Å². The summed E-state index contributed by atoms with van der Waals surface area (Å²) in [6, 6.07) is 0. The Bertz CT molecular complexity index is 803. The van der Waals surface area contributed by atoms with E-state index in [4.69, 9.17) is 25.9 Å². The van der Waals surface area contributed by atoms with Crippen LogP contribution in [0.25, 0.3) is 0 Å². The van der Waals surface area contributed by atoms with Gasteiger partial charge in [-0.15, -0.1) is 26.7 Å². The van der Waals surface area contributed by atoms with Gasteiger partial charge in [0.1, 0.15) is 0 Å². The second-order valence-electron chi connectivity index (χ2n) is 5.59. The number of rotatable bonds is 0. The van der Waals surface area contributed by atoms with E-state index in [2.05, 4.69) is 52.0 Å². The zero-order valence-corrected chi connectivity index (χ0v) is 20.7. The van der Waals surface area contributed by atoms with Crippen LogP contribution in [0.3, 0.4) is 0 Å². The fourth-order valence-corrected chi connectivity index (χ4v) is 1.30. The Morgan fingerprint density at radius 2 is 0.903 bits per heavy atom. The molecule has 2 aliphatic rings. The minimum Gasteiger partial charge on any atom is -0.741 e. The molecule has 15 heteroatoms. The number of allylic oxidation sites excluding steroid dienone is 8. The third-order valence-corrected chi connectivity index (χ3v) is 4.43. The summed E-state index contributed by atoms with van der Waals surface area (Å²) in [6.07, 6.45) is 12.8. The van der Waals surface area contributed by atoms with E-state index >= 15 is 0 Å². The molecular weight excluding hydrogens is 558 g/mol. The Morgan fingerprint density at radius 1 is 0.710 bits per heavy atom. The number of hydrogen-bond donors (Lipinski definition) is 0. The van der Waals surface area contributed by atoms with Crippen molar-refractivity contribution in [1.82, 2.24) is 0 Å². The molecule has 2 rings (SSSR count). The topological polar surface area (TPSA) is 114 Å². The summed E-state index contributed by atoms with van der Waals surface area (Å²) in [6.45, 7) is 8.43. The quantitative estimate of drug-likeness (QED) is 0.184. The first-order chi connectivity index (χ1) is 13.1. The van der Waals surface area contributed by atoms with Crippen LogP contribution in [0.4, 0.5) is 26.3 Å². The van der Waals surface area contributed by atoms with Gasteiger partial charge in [-0.3, -0.25) is 12.2 Å². The van der Waals surface area contributed by atoms with Crippen LogP contribution in [0.15, 0.2) is 34.4 Å². The summed E-state index contributed by atoms with van der Waals surface area (Å²) in [5.41, 5.74) is -5.87. The van der Waals surface area contributed by atoms with Gasteiger partial charge in [-0.2, -0.15) is 38.5 Å². The van der Waals surface area contributed by atoms with Gasteiger partial charge in [-0.25, -0.2) is 39.1 Å². The maximum absolute atomic E-state index is 10.7. The normalized spacial score (nSPS) is 15.9. The zero-order chi connectivity index (χ0) is 24.6. The van der Waals surface area contributed by atoms with Crippen molar-refractivity contribution in [3.8, 4) is 0 Å². The molecule has 2 aliphatic carbocycles. The average molecular weight is 576 g/mol. The van der Waals surface area contributed by atoms with Crippen LogP contribution >= 0.6 is 0 Å². The largest absolute Gasteiger partial charge is 2.00 e. The molecule has 0 amide bonds. The molecule has 0 spiro atoms. The first-order valence-electron chi connectivity index (χ1n) is 7.64. The standard InChI is InChI=1S/2C7H9.2CHF3O3S.Zr/c2*1-6-4-3-5-7(6)2;2*2-1(3,4)8(5,6)7;/h2*4H,3H2,1-2H3;2*(H,5,6,7);/q2*-1;;;+2/p-2. The molecule has 0 N–H and O–H groups in total. The third-order valence-electron chi connectivity index (χ3n) is 3.30. The molecule has 0 unspecified atom stereocenters. The Kier molecular flexibility index (Phi) is 15.4. The monoisotopic (exact) mass is 574 g/mol. The van der Waals surface area contributed by atoms with Gasteiger partial charge in [0.15, 0.2) is 20.2 Å². The molecule has 0 bridgehead atoms. The SMILES string of the molecule is CC1=[C-]CC=C1C.CC1=[C-]CC=C1C.O=S(=O)([O-])C(F)(F)F.O=S(=O)([O-])C(F)(F)F.[Zr+2]. The average Bonchev–Trinajstić information content (AvgIpc) is 3.06. The summed E-state index contributed by atoms with van der Waals surface area (Å²) in [5.74, 6) is 0. The first-order valence-corrected chi connectivity index (χ1v) is 10.5. The predicted molar refractivity (Wildman–Crippen MR) is 93.1 cm³/mol. The van der Waals surface area contributed by atoms with Gasteiger partial charge >= 0.3 is 37.2 Å². The molecule has 31 heavy (non-hydrogen) atoms. The minimum atomic E-state index is -6.09. The first kappa shape index (κ1) is 34.8. The van der Waals surface area contributed by atoms with E-state index < -0.39 is 31.3 Å². The number of alkyl halides is 6. The van der Waals surface area contributed by atoms with Crippen LogP contribution < -0.4 is 0 Å². The van der Waals surface area contributed by atoms with Gasteiger partial charge in [0.2, 0.25) is 0 Å². The van der Waals surface area contributed by atoms with Crippen LogP contribution in [-0.4, -0.2) is 37.0 Å². The van der Waals surface area contributed by atoms with Crippen LogP contribution in [0, 0.1) is 12.2 Å². The Hall–Kier alpha value is -0.757. The van der Waals surface area contributed by atoms with Gasteiger partial charge < -0.3 is 9.11 Å². The van der Waals surface area contributed by atoms with Crippen molar-refractivity contribution in [3.63, 3.8) is 0 Å². The van der Waals surface area contributed by atoms with Gasteiger partial charge in [-0.05, 0) is 0 Å².